The Labute approximate surface area is 148 Å². The van der Waals surface area contributed by atoms with Gasteiger partial charge in [-0.2, -0.15) is 0 Å². The Kier molecular flexibility index (Phi) is 6.83. The molecule has 1 aromatic heterocycles. The van der Waals surface area contributed by atoms with E-state index in [0.29, 0.717) is 23.4 Å². The third-order valence-corrected chi connectivity index (χ3v) is 4.59. The van der Waals surface area contributed by atoms with Gasteiger partial charge in [-0.25, -0.2) is 4.79 Å². The molecule has 3 amide bonds. The Morgan fingerprint density at radius 3 is 2.88 bits per heavy atom. The molecule has 0 spiro atoms. The van der Waals surface area contributed by atoms with Crippen molar-refractivity contribution in [2.75, 3.05) is 32.7 Å². The summed E-state index contributed by atoms with van der Waals surface area (Å²) in [7, 11) is 0. The minimum absolute atomic E-state index is 0.0442. The highest BCUT2D eigenvalue weighted by Gasteiger charge is 2.27. The molecule has 8 nitrogen and oxygen atoms in total. The summed E-state index contributed by atoms with van der Waals surface area (Å²) in [5, 5.41) is 18.6. The van der Waals surface area contributed by atoms with Crippen molar-refractivity contribution < 1.29 is 14.7 Å². The largest absolute Gasteiger partial charge is 0.386 e. The van der Waals surface area contributed by atoms with Gasteiger partial charge in [0.15, 0.2) is 5.96 Å². The molecule has 132 valence electrons. The van der Waals surface area contributed by atoms with E-state index >= 15 is 0 Å². The van der Waals surface area contributed by atoms with E-state index in [2.05, 4.69) is 20.9 Å². The smallest absolute Gasteiger partial charge is 0.324 e. The normalized spacial score (nSPS) is 16.3. The minimum atomic E-state index is -0.733. The van der Waals surface area contributed by atoms with Crippen LogP contribution in [-0.2, 0) is 4.79 Å². The molecule has 1 atom stereocenters. The first kappa shape index (κ1) is 18.5. The van der Waals surface area contributed by atoms with Crippen LogP contribution in [0, 0.1) is 0 Å². The van der Waals surface area contributed by atoms with Gasteiger partial charge in [0.05, 0.1) is 17.4 Å². The van der Waals surface area contributed by atoms with Gasteiger partial charge in [0, 0.05) is 24.5 Å². The lowest BCUT2D eigenvalue weighted by Gasteiger charge is -2.15. The summed E-state index contributed by atoms with van der Waals surface area (Å²) in [4.78, 5) is 29.1. The van der Waals surface area contributed by atoms with E-state index in [-0.39, 0.29) is 31.6 Å². The van der Waals surface area contributed by atoms with Gasteiger partial charge >= 0.3 is 6.03 Å². The highest BCUT2D eigenvalue weighted by atomic mass is 35.5. The predicted molar refractivity (Wildman–Crippen MR) is 93.4 cm³/mol. The monoisotopic (exact) mass is 373 g/mol. The highest BCUT2D eigenvalue weighted by Crippen LogP contribution is 2.26. The molecule has 1 aromatic rings. The van der Waals surface area contributed by atoms with Crippen LogP contribution in [0.15, 0.2) is 17.1 Å². The molecular weight excluding hydrogens is 354 g/mol. The zero-order valence-corrected chi connectivity index (χ0v) is 14.8. The number of thiophene rings is 1. The highest BCUT2D eigenvalue weighted by molar-refractivity contribution is 7.16. The number of hydrogen-bond acceptors (Lipinski definition) is 5. The summed E-state index contributed by atoms with van der Waals surface area (Å²) >= 11 is 7.17. The van der Waals surface area contributed by atoms with Crippen LogP contribution in [-0.4, -0.2) is 60.6 Å². The second-order valence-corrected chi connectivity index (χ2v) is 6.75. The van der Waals surface area contributed by atoms with Crippen LogP contribution in [0.2, 0.25) is 4.34 Å². The van der Waals surface area contributed by atoms with Crippen molar-refractivity contribution in [1.82, 2.24) is 20.9 Å². The first-order valence-corrected chi connectivity index (χ1v) is 8.74. The third kappa shape index (κ3) is 5.08. The Morgan fingerprint density at radius 2 is 2.29 bits per heavy atom. The SMILES string of the molecule is CCNC(=NCC(O)c1ccc(Cl)s1)NCCN1C(=O)CNC1=O. The average molecular weight is 374 g/mol. The standard InChI is InChI=1S/C14H20ClN5O3S/c1-2-16-13(17-5-6-20-12(22)8-19-14(20)23)18-7-9(21)10-3-4-11(15)24-10/h3-4,9,21H,2,5-8H2,1H3,(H,19,23)(H2,16,17,18). The summed E-state index contributed by atoms with van der Waals surface area (Å²) in [5.74, 6) is 0.264. The number of urea groups is 1. The molecule has 2 heterocycles. The molecule has 1 saturated heterocycles. The molecule has 10 heteroatoms. The number of guanidine groups is 1. The van der Waals surface area contributed by atoms with E-state index in [9.17, 15) is 14.7 Å². The molecule has 1 fully saturated rings. The van der Waals surface area contributed by atoms with Gasteiger partial charge in [-0.1, -0.05) is 11.6 Å². The Morgan fingerprint density at radius 1 is 1.50 bits per heavy atom. The fraction of sp³-hybridized carbons (Fsp3) is 0.500. The molecule has 0 aromatic carbocycles. The molecule has 4 N–H and O–H groups in total. The van der Waals surface area contributed by atoms with Crippen molar-refractivity contribution in [2.45, 2.75) is 13.0 Å². The Hall–Kier alpha value is -1.84. The molecule has 0 bridgehead atoms. The van der Waals surface area contributed by atoms with Crippen LogP contribution in [0.25, 0.3) is 0 Å². The number of nitrogens with one attached hydrogen (secondary N) is 3. The third-order valence-electron chi connectivity index (χ3n) is 3.25. The fourth-order valence-electron chi connectivity index (χ4n) is 2.08. The molecule has 0 saturated carbocycles. The first-order valence-electron chi connectivity index (χ1n) is 7.55. The number of carbonyl (C=O) groups excluding carboxylic acids is 2. The summed E-state index contributed by atoms with van der Waals surface area (Å²) in [5.41, 5.74) is 0. The van der Waals surface area contributed by atoms with E-state index in [1.165, 1.54) is 11.3 Å². The molecule has 1 aliphatic rings. The van der Waals surface area contributed by atoms with Crippen LogP contribution < -0.4 is 16.0 Å². The maximum Gasteiger partial charge on any atom is 0.324 e. The molecule has 1 aliphatic heterocycles. The Balaban J connectivity index is 1.84. The average Bonchev–Trinajstić information content (AvgIpc) is 3.12. The van der Waals surface area contributed by atoms with Crippen molar-refractivity contribution in [3.8, 4) is 0 Å². The van der Waals surface area contributed by atoms with E-state index in [1.807, 2.05) is 6.92 Å². The number of aliphatic imine (C=N–C) groups is 1. The molecule has 2 rings (SSSR count). The maximum absolute atomic E-state index is 11.5. The van der Waals surface area contributed by atoms with E-state index in [1.54, 1.807) is 12.1 Å². The summed E-state index contributed by atoms with van der Waals surface area (Å²) in [6, 6.07) is 3.12. The maximum atomic E-state index is 11.5. The number of hydrogen-bond donors (Lipinski definition) is 4. The number of rotatable bonds is 7. The Bertz CT molecular complexity index is 605. The number of aliphatic hydroxyl groups is 1. The minimum Gasteiger partial charge on any atom is -0.386 e. The summed E-state index contributed by atoms with van der Waals surface area (Å²) < 4.78 is 0.617. The lowest BCUT2D eigenvalue weighted by Crippen LogP contribution is -2.43. The summed E-state index contributed by atoms with van der Waals surface area (Å²) in [6.45, 7) is 3.40. The van der Waals surface area contributed by atoms with Crippen molar-refractivity contribution in [1.29, 1.82) is 0 Å². The lowest BCUT2D eigenvalue weighted by atomic mass is 10.3. The van der Waals surface area contributed by atoms with E-state index in [4.69, 9.17) is 11.6 Å². The molecule has 1 unspecified atom stereocenters. The van der Waals surface area contributed by atoms with Gasteiger partial charge in [0.1, 0.15) is 6.10 Å². The van der Waals surface area contributed by atoms with E-state index < -0.39 is 6.10 Å². The molecule has 0 radical (unpaired) electrons. The predicted octanol–water partition coefficient (Wildman–Crippen LogP) is 0.542. The topological polar surface area (TPSA) is 106 Å². The fourth-order valence-corrected chi connectivity index (χ4v) is 3.12. The van der Waals surface area contributed by atoms with Crippen LogP contribution >= 0.6 is 22.9 Å². The van der Waals surface area contributed by atoms with Gasteiger partial charge in [0.25, 0.3) is 0 Å². The number of aliphatic hydroxyl groups excluding tert-OH is 1. The van der Waals surface area contributed by atoms with Crippen molar-refractivity contribution >= 4 is 40.8 Å². The van der Waals surface area contributed by atoms with Gasteiger partial charge in [-0.15, -0.1) is 11.3 Å². The van der Waals surface area contributed by atoms with Crippen molar-refractivity contribution in [3.05, 3.63) is 21.3 Å². The van der Waals surface area contributed by atoms with Gasteiger partial charge < -0.3 is 21.1 Å². The molecule has 0 aliphatic carbocycles. The van der Waals surface area contributed by atoms with Crippen molar-refractivity contribution in [2.24, 2.45) is 4.99 Å². The van der Waals surface area contributed by atoms with E-state index in [0.717, 1.165) is 9.78 Å². The summed E-state index contributed by atoms with van der Waals surface area (Å²) in [6.07, 6.45) is -0.733. The lowest BCUT2D eigenvalue weighted by molar-refractivity contribution is -0.124. The number of carbonyl (C=O) groups is 2. The zero-order chi connectivity index (χ0) is 17.5. The second kappa shape index (κ2) is 8.86. The van der Waals surface area contributed by atoms with Crippen LogP contribution in [0.1, 0.15) is 17.9 Å². The van der Waals surface area contributed by atoms with Gasteiger partial charge in [-0.05, 0) is 19.1 Å². The number of amides is 3. The number of imide groups is 1. The van der Waals surface area contributed by atoms with Gasteiger partial charge in [0.2, 0.25) is 5.91 Å². The number of halogens is 1. The molecule has 24 heavy (non-hydrogen) atoms. The zero-order valence-electron chi connectivity index (χ0n) is 13.2. The second-order valence-electron chi connectivity index (χ2n) is 5.01. The quantitative estimate of drug-likeness (QED) is 0.317. The van der Waals surface area contributed by atoms with Crippen LogP contribution in [0.3, 0.4) is 0 Å². The van der Waals surface area contributed by atoms with Crippen LogP contribution in [0.4, 0.5) is 4.79 Å². The van der Waals surface area contributed by atoms with Gasteiger partial charge in [-0.3, -0.25) is 14.7 Å². The first-order chi connectivity index (χ1) is 11.5. The number of nitrogens with zero attached hydrogens (tertiary/aromatic N) is 2. The van der Waals surface area contributed by atoms with Crippen molar-refractivity contribution in [3.63, 3.8) is 0 Å². The molecular formula is C14H20ClN5O3S. The van der Waals surface area contributed by atoms with Crippen LogP contribution in [0.5, 0.6) is 0 Å².